The first-order valence-electron chi connectivity index (χ1n) is 20.3. The molecule has 1 unspecified atom stereocenters. The second kappa shape index (κ2) is 29.4. The van der Waals surface area contributed by atoms with Crippen molar-refractivity contribution in [2.24, 2.45) is 0 Å². The maximum Gasteiger partial charge on any atom is 0.251 e. The van der Waals surface area contributed by atoms with Crippen molar-refractivity contribution in [3.63, 3.8) is 0 Å². The van der Waals surface area contributed by atoms with Gasteiger partial charge >= 0.3 is 0 Å². The average molecular weight is 665 g/mol. The van der Waals surface area contributed by atoms with Crippen LogP contribution in [0.1, 0.15) is 203 Å². The molecule has 0 fully saturated rings. The fourth-order valence-corrected chi connectivity index (χ4v) is 6.37. The number of pyridine rings is 1. The van der Waals surface area contributed by atoms with Gasteiger partial charge < -0.3 is 14.8 Å². The van der Waals surface area contributed by atoms with Crippen LogP contribution in [0.3, 0.4) is 0 Å². The van der Waals surface area contributed by atoms with E-state index in [-0.39, 0.29) is 11.9 Å². The first-order chi connectivity index (χ1) is 23.7. The number of hydrogen-bond donors (Lipinski definition) is 1. The second-order valence-electron chi connectivity index (χ2n) is 13.8. The molecule has 1 aromatic heterocycles. The summed E-state index contributed by atoms with van der Waals surface area (Å²) in [4.78, 5) is 18.3. The largest absolute Gasteiger partial charge is 0.490 e. The maximum absolute atomic E-state index is 13.4. The van der Waals surface area contributed by atoms with Gasteiger partial charge in [-0.3, -0.25) is 9.78 Å². The Labute approximate surface area is 295 Å². The minimum atomic E-state index is -0.238. The summed E-state index contributed by atoms with van der Waals surface area (Å²) >= 11 is 0. The average Bonchev–Trinajstić information content (AvgIpc) is 3.11. The molecule has 1 amide bonds. The molecule has 0 aliphatic heterocycles. The van der Waals surface area contributed by atoms with Crippen LogP contribution >= 0.6 is 0 Å². The highest BCUT2D eigenvalue weighted by Crippen LogP contribution is 2.36. The van der Waals surface area contributed by atoms with Gasteiger partial charge in [-0.15, -0.1) is 0 Å². The highest BCUT2D eigenvalue weighted by molar-refractivity contribution is 5.94. The van der Waals surface area contributed by atoms with Gasteiger partial charge in [0.25, 0.3) is 5.91 Å². The van der Waals surface area contributed by atoms with Gasteiger partial charge in [0.15, 0.2) is 11.5 Å². The Bertz CT molecular complexity index is 1030. The van der Waals surface area contributed by atoms with Gasteiger partial charge in [0.1, 0.15) is 5.69 Å². The molecule has 48 heavy (non-hydrogen) atoms. The summed E-state index contributed by atoms with van der Waals surface area (Å²) in [7, 11) is 0. The fraction of sp³-hybridized carbons (Fsp3) is 0.721. The maximum atomic E-state index is 13.4. The molecule has 1 heterocycles. The molecule has 2 aromatic rings. The first kappa shape index (κ1) is 41.6. The predicted molar refractivity (Wildman–Crippen MR) is 204 cm³/mol. The molecule has 2 rings (SSSR count). The number of unbranched alkanes of at least 4 members (excludes halogenated alkanes) is 21. The van der Waals surface area contributed by atoms with Crippen molar-refractivity contribution in [3.8, 4) is 11.5 Å². The minimum absolute atomic E-state index is 0.0690. The smallest absolute Gasteiger partial charge is 0.251 e. The van der Waals surface area contributed by atoms with Crippen molar-refractivity contribution >= 4 is 5.91 Å². The SMILES string of the molecule is CCCCCCCCCCCCCCCCC(NC(=O)c1ccccc1)c1nccc(OCCCCCCC)c1OCCCCCCC. The van der Waals surface area contributed by atoms with Gasteiger partial charge in [-0.25, -0.2) is 0 Å². The predicted octanol–water partition coefficient (Wildman–Crippen LogP) is 13.1. The standard InChI is InChI=1S/C43H72N2O3/c1-4-7-10-13-14-15-16-17-18-19-20-21-22-28-33-39(45-43(46)38-31-26-25-27-32-38)41-42(48-37-30-24-12-9-6-3)40(34-35-44-41)47-36-29-23-11-8-5-2/h25-27,31-32,34-35,39H,4-24,28-30,33,36-37H2,1-3H3,(H,45,46). The number of rotatable bonds is 32. The monoisotopic (exact) mass is 665 g/mol. The van der Waals surface area contributed by atoms with Crippen LogP contribution in [-0.2, 0) is 0 Å². The van der Waals surface area contributed by atoms with E-state index in [1.165, 1.54) is 122 Å². The van der Waals surface area contributed by atoms with E-state index in [0.29, 0.717) is 24.5 Å². The number of aromatic nitrogens is 1. The molecule has 0 aliphatic carbocycles. The summed E-state index contributed by atoms with van der Waals surface area (Å²) in [6.45, 7) is 8.07. The first-order valence-corrected chi connectivity index (χ1v) is 20.3. The van der Waals surface area contributed by atoms with Gasteiger partial charge in [-0.1, -0.05) is 180 Å². The Morgan fingerprint density at radius 2 is 1.04 bits per heavy atom. The summed E-state index contributed by atoms with van der Waals surface area (Å²) in [5.74, 6) is 1.40. The lowest BCUT2D eigenvalue weighted by Gasteiger charge is -2.23. The van der Waals surface area contributed by atoms with Crippen molar-refractivity contribution in [2.45, 2.75) is 187 Å². The molecule has 272 valence electrons. The molecule has 1 aromatic carbocycles. The van der Waals surface area contributed by atoms with Crippen molar-refractivity contribution in [1.29, 1.82) is 0 Å². The van der Waals surface area contributed by atoms with E-state index in [2.05, 4.69) is 26.1 Å². The lowest BCUT2D eigenvalue weighted by molar-refractivity contribution is 0.0932. The lowest BCUT2D eigenvalue weighted by atomic mass is 10.0. The van der Waals surface area contributed by atoms with E-state index in [4.69, 9.17) is 14.5 Å². The molecule has 0 spiro atoms. The van der Waals surface area contributed by atoms with Crippen molar-refractivity contribution in [3.05, 3.63) is 53.9 Å². The molecule has 5 heteroatoms. The van der Waals surface area contributed by atoms with E-state index in [0.717, 1.165) is 50.0 Å². The van der Waals surface area contributed by atoms with Crippen LogP contribution in [-0.4, -0.2) is 24.1 Å². The van der Waals surface area contributed by atoms with Crippen LogP contribution < -0.4 is 14.8 Å². The fourth-order valence-electron chi connectivity index (χ4n) is 6.37. The number of ether oxygens (including phenoxy) is 2. The van der Waals surface area contributed by atoms with E-state index < -0.39 is 0 Å². The lowest BCUT2D eigenvalue weighted by Crippen LogP contribution is -2.29. The van der Waals surface area contributed by atoms with Crippen LogP contribution in [0.15, 0.2) is 42.6 Å². The zero-order chi connectivity index (χ0) is 34.3. The molecular weight excluding hydrogens is 592 g/mol. The van der Waals surface area contributed by atoms with Crippen LogP contribution in [0.5, 0.6) is 11.5 Å². The Morgan fingerprint density at radius 1 is 0.583 bits per heavy atom. The quantitative estimate of drug-likeness (QED) is 0.0791. The highest BCUT2D eigenvalue weighted by atomic mass is 16.5. The number of hydrogen-bond acceptors (Lipinski definition) is 4. The zero-order valence-corrected chi connectivity index (χ0v) is 31.4. The Kier molecular flexibility index (Phi) is 25.5. The Balaban J connectivity index is 2.00. The summed E-state index contributed by atoms with van der Waals surface area (Å²) in [5.41, 5.74) is 1.47. The summed E-state index contributed by atoms with van der Waals surface area (Å²) < 4.78 is 12.8. The summed E-state index contributed by atoms with van der Waals surface area (Å²) in [6, 6.07) is 11.2. The Hall–Kier alpha value is -2.56. The van der Waals surface area contributed by atoms with Gasteiger partial charge in [0.05, 0.1) is 19.3 Å². The second-order valence-corrected chi connectivity index (χ2v) is 13.8. The molecule has 1 N–H and O–H groups in total. The topological polar surface area (TPSA) is 60.5 Å². The third kappa shape index (κ3) is 19.4. The van der Waals surface area contributed by atoms with Crippen LogP contribution in [0.4, 0.5) is 0 Å². The van der Waals surface area contributed by atoms with Crippen molar-refractivity contribution in [1.82, 2.24) is 10.3 Å². The number of carbonyl (C=O) groups is 1. The van der Waals surface area contributed by atoms with Crippen LogP contribution in [0.2, 0.25) is 0 Å². The van der Waals surface area contributed by atoms with Crippen LogP contribution in [0, 0.1) is 0 Å². The molecule has 5 nitrogen and oxygen atoms in total. The Morgan fingerprint density at radius 3 is 1.56 bits per heavy atom. The van der Waals surface area contributed by atoms with E-state index in [1.54, 1.807) is 0 Å². The minimum Gasteiger partial charge on any atom is -0.490 e. The van der Waals surface area contributed by atoms with Crippen LogP contribution in [0.25, 0.3) is 0 Å². The molecule has 0 aliphatic rings. The molecule has 1 atom stereocenters. The van der Waals surface area contributed by atoms with Gasteiger partial charge in [0.2, 0.25) is 0 Å². The molecule has 0 bridgehead atoms. The molecule has 0 saturated heterocycles. The molecule has 0 saturated carbocycles. The summed E-state index contributed by atoms with van der Waals surface area (Å²) in [5, 5.41) is 3.34. The highest BCUT2D eigenvalue weighted by Gasteiger charge is 2.24. The zero-order valence-electron chi connectivity index (χ0n) is 31.4. The van der Waals surface area contributed by atoms with Crippen molar-refractivity contribution in [2.75, 3.05) is 13.2 Å². The molecular formula is C43H72N2O3. The van der Waals surface area contributed by atoms with Gasteiger partial charge in [0, 0.05) is 17.8 Å². The van der Waals surface area contributed by atoms with Gasteiger partial charge in [-0.05, 0) is 31.4 Å². The van der Waals surface area contributed by atoms with E-state index in [9.17, 15) is 4.79 Å². The van der Waals surface area contributed by atoms with Gasteiger partial charge in [-0.2, -0.15) is 0 Å². The number of benzene rings is 1. The third-order valence-corrected chi connectivity index (χ3v) is 9.41. The number of nitrogens with one attached hydrogen (secondary N) is 1. The number of amides is 1. The van der Waals surface area contributed by atoms with E-state index >= 15 is 0 Å². The van der Waals surface area contributed by atoms with Crippen molar-refractivity contribution < 1.29 is 14.3 Å². The van der Waals surface area contributed by atoms with E-state index in [1.807, 2.05) is 42.6 Å². The normalized spacial score (nSPS) is 11.8. The third-order valence-electron chi connectivity index (χ3n) is 9.41. The molecule has 0 radical (unpaired) electrons. The number of nitrogens with zero attached hydrogens (tertiary/aromatic N) is 1. The summed E-state index contributed by atoms with van der Waals surface area (Å²) in [6.07, 6.45) is 33.1. The number of carbonyl (C=O) groups excluding carboxylic acids is 1.